The maximum absolute atomic E-state index is 13.0. The second-order valence-corrected chi connectivity index (χ2v) is 7.55. The number of carbonyl (C=O) groups is 3. The number of alkyl carbamates (subject to hydrolysis) is 1. The number of aryl methyl sites for hydroxylation is 1. The normalized spacial score (nSPS) is 26.3. The zero-order chi connectivity index (χ0) is 18.7. The minimum Gasteiger partial charge on any atom is -0.444 e. The number of amides is 3. The van der Waals surface area contributed by atoms with E-state index in [0.717, 1.165) is 18.5 Å². The van der Waals surface area contributed by atoms with Crippen LogP contribution in [0.25, 0.3) is 0 Å². The molecule has 4 unspecified atom stereocenters. The van der Waals surface area contributed by atoms with Gasteiger partial charge in [0.2, 0.25) is 11.8 Å². The molecule has 2 aliphatic rings. The fourth-order valence-corrected chi connectivity index (χ4v) is 4.02. The van der Waals surface area contributed by atoms with Crippen molar-refractivity contribution in [3.63, 3.8) is 0 Å². The standard InChI is InChI=1S/C17H24N4O4S/c1-10-4-3-7-21(10)16(23)13(6-5-12-8-26-9-18-12)19-15(22)14-11(2)25-17(24)20-14/h8-11,13-14H,3-7H2,1-2H3,(H,19,22)(H,20,24). The summed E-state index contributed by atoms with van der Waals surface area (Å²) in [6.45, 7) is 4.39. The lowest BCUT2D eigenvalue weighted by Gasteiger charge is -2.28. The molecule has 0 aliphatic carbocycles. The van der Waals surface area contributed by atoms with Crippen LogP contribution in [0.15, 0.2) is 10.9 Å². The first-order valence-electron chi connectivity index (χ1n) is 8.90. The molecule has 4 atom stereocenters. The van der Waals surface area contributed by atoms with Crippen molar-refractivity contribution in [3.8, 4) is 0 Å². The van der Waals surface area contributed by atoms with Crippen molar-refractivity contribution in [1.29, 1.82) is 0 Å². The van der Waals surface area contributed by atoms with Crippen LogP contribution in [-0.4, -0.2) is 58.6 Å². The van der Waals surface area contributed by atoms with E-state index in [1.54, 1.807) is 12.4 Å². The van der Waals surface area contributed by atoms with E-state index in [-0.39, 0.29) is 11.9 Å². The molecule has 1 aromatic heterocycles. The predicted molar refractivity (Wildman–Crippen MR) is 95.6 cm³/mol. The van der Waals surface area contributed by atoms with E-state index < -0.39 is 30.2 Å². The van der Waals surface area contributed by atoms with Crippen LogP contribution in [0.3, 0.4) is 0 Å². The molecule has 1 aromatic rings. The van der Waals surface area contributed by atoms with Crippen LogP contribution in [0, 0.1) is 0 Å². The molecule has 142 valence electrons. The van der Waals surface area contributed by atoms with Crippen LogP contribution in [0.2, 0.25) is 0 Å². The molecule has 3 heterocycles. The van der Waals surface area contributed by atoms with Gasteiger partial charge in [-0.2, -0.15) is 0 Å². The molecule has 0 spiro atoms. The van der Waals surface area contributed by atoms with Gasteiger partial charge in [-0.25, -0.2) is 9.78 Å². The molecule has 0 saturated carbocycles. The monoisotopic (exact) mass is 380 g/mol. The lowest BCUT2D eigenvalue weighted by molar-refractivity contribution is -0.137. The van der Waals surface area contributed by atoms with Gasteiger partial charge in [-0.3, -0.25) is 9.59 Å². The Bertz CT molecular complexity index is 666. The summed E-state index contributed by atoms with van der Waals surface area (Å²) in [5.74, 6) is -0.469. The van der Waals surface area contributed by atoms with Crippen LogP contribution >= 0.6 is 11.3 Å². The quantitative estimate of drug-likeness (QED) is 0.769. The van der Waals surface area contributed by atoms with Crippen LogP contribution in [-0.2, 0) is 20.7 Å². The fourth-order valence-electron chi connectivity index (χ4n) is 3.43. The molecule has 26 heavy (non-hydrogen) atoms. The SMILES string of the molecule is CC1OC(=O)NC1C(=O)NC(CCc1cscn1)C(=O)N1CCCC1C. The number of aromatic nitrogens is 1. The van der Waals surface area contributed by atoms with Crippen LogP contribution in [0.1, 0.15) is 38.8 Å². The lowest BCUT2D eigenvalue weighted by atomic mass is 10.1. The van der Waals surface area contributed by atoms with E-state index in [4.69, 9.17) is 4.74 Å². The minimum absolute atomic E-state index is 0.0727. The van der Waals surface area contributed by atoms with Gasteiger partial charge in [0.15, 0.2) is 0 Å². The van der Waals surface area contributed by atoms with Crippen LogP contribution in [0.4, 0.5) is 4.79 Å². The van der Waals surface area contributed by atoms with Gasteiger partial charge in [0, 0.05) is 18.0 Å². The van der Waals surface area contributed by atoms with Crippen molar-refractivity contribution < 1.29 is 19.1 Å². The Balaban J connectivity index is 1.68. The average Bonchev–Trinajstić information content (AvgIpc) is 3.32. The summed E-state index contributed by atoms with van der Waals surface area (Å²) in [5, 5.41) is 7.25. The topological polar surface area (TPSA) is 101 Å². The molecule has 2 aliphatic heterocycles. The Morgan fingerprint density at radius 1 is 1.50 bits per heavy atom. The highest BCUT2D eigenvalue weighted by atomic mass is 32.1. The second kappa shape index (κ2) is 8.03. The largest absolute Gasteiger partial charge is 0.444 e. The first-order valence-corrected chi connectivity index (χ1v) is 9.85. The Morgan fingerprint density at radius 3 is 2.88 bits per heavy atom. The van der Waals surface area contributed by atoms with E-state index in [1.165, 1.54) is 11.3 Å². The third-order valence-electron chi connectivity index (χ3n) is 4.94. The number of ether oxygens (including phenoxy) is 1. The van der Waals surface area contributed by atoms with Gasteiger partial charge in [-0.05, 0) is 39.5 Å². The van der Waals surface area contributed by atoms with E-state index >= 15 is 0 Å². The van der Waals surface area contributed by atoms with Crippen LogP contribution in [0.5, 0.6) is 0 Å². The summed E-state index contributed by atoms with van der Waals surface area (Å²) in [5.41, 5.74) is 2.66. The highest BCUT2D eigenvalue weighted by Gasteiger charge is 2.39. The van der Waals surface area contributed by atoms with Gasteiger partial charge >= 0.3 is 6.09 Å². The number of hydrogen-bond donors (Lipinski definition) is 2. The molecule has 3 rings (SSSR count). The molecule has 3 amide bonds. The second-order valence-electron chi connectivity index (χ2n) is 6.83. The number of nitrogens with one attached hydrogen (secondary N) is 2. The third kappa shape index (κ3) is 4.14. The van der Waals surface area contributed by atoms with E-state index in [2.05, 4.69) is 15.6 Å². The van der Waals surface area contributed by atoms with E-state index in [0.29, 0.717) is 19.4 Å². The number of likely N-dealkylation sites (tertiary alicyclic amines) is 1. The summed E-state index contributed by atoms with van der Waals surface area (Å²) in [6.07, 6.45) is 1.84. The van der Waals surface area contributed by atoms with Crippen molar-refractivity contribution in [2.75, 3.05) is 6.54 Å². The number of rotatable bonds is 6. The molecule has 9 heteroatoms. The highest BCUT2D eigenvalue weighted by molar-refractivity contribution is 7.07. The van der Waals surface area contributed by atoms with Crippen LogP contribution < -0.4 is 10.6 Å². The Labute approximate surface area is 156 Å². The maximum Gasteiger partial charge on any atom is 0.408 e. The Morgan fingerprint density at radius 2 is 2.31 bits per heavy atom. The molecule has 0 radical (unpaired) electrons. The first-order chi connectivity index (χ1) is 12.5. The lowest BCUT2D eigenvalue weighted by Crippen LogP contribution is -2.55. The van der Waals surface area contributed by atoms with Crippen molar-refractivity contribution in [3.05, 3.63) is 16.6 Å². The molecular weight excluding hydrogens is 356 g/mol. The first kappa shape index (κ1) is 18.6. The van der Waals surface area contributed by atoms with Crippen molar-refractivity contribution in [1.82, 2.24) is 20.5 Å². The maximum atomic E-state index is 13.0. The Hall–Kier alpha value is -2.16. The number of thiazole rings is 1. The third-order valence-corrected chi connectivity index (χ3v) is 5.58. The minimum atomic E-state index is -0.784. The molecule has 0 aromatic carbocycles. The van der Waals surface area contributed by atoms with Gasteiger partial charge in [0.1, 0.15) is 18.2 Å². The van der Waals surface area contributed by atoms with Gasteiger partial charge < -0.3 is 20.3 Å². The average molecular weight is 380 g/mol. The number of carbonyl (C=O) groups excluding carboxylic acids is 3. The summed E-state index contributed by atoms with van der Waals surface area (Å²) >= 11 is 1.50. The smallest absolute Gasteiger partial charge is 0.408 e. The zero-order valence-electron chi connectivity index (χ0n) is 14.9. The van der Waals surface area contributed by atoms with Crippen molar-refractivity contribution in [2.24, 2.45) is 0 Å². The molecule has 2 fully saturated rings. The molecule has 2 N–H and O–H groups in total. The predicted octanol–water partition coefficient (Wildman–Crippen LogP) is 1.07. The molecule has 8 nitrogen and oxygen atoms in total. The molecule has 2 saturated heterocycles. The summed E-state index contributed by atoms with van der Waals surface area (Å²) in [7, 11) is 0. The van der Waals surface area contributed by atoms with Gasteiger partial charge in [0.25, 0.3) is 0 Å². The van der Waals surface area contributed by atoms with Gasteiger partial charge in [-0.1, -0.05) is 0 Å². The fraction of sp³-hybridized carbons (Fsp3) is 0.647. The van der Waals surface area contributed by atoms with Gasteiger partial charge in [-0.15, -0.1) is 11.3 Å². The summed E-state index contributed by atoms with van der Waals surface area (Å²) in [6, 6.07) is -1.25. The number of hydrogen-bond acceptors (Lipinski definition) is 6. The van der Waals surface area contributed by atoms with Gasteiger partial charge in [0.05, 0.1) is 11.2 Å². The number of cyclic esters (lactones) is 1. The highest BCUT2D eigenvalue weighted by Crippen LogP contribution is 2.19. The van der Waals surface area contributed by atoms with E-state index in [9.17, 15) is 14.4 Å². The van der Waals surface area contributed by atoms with Crippen molar-refractivity contribution >= 4 is 29.2 Å². The summed E-state index contributed by atoms with van der Waals surface area (Å²) < 4.78 is 4.96. The summed E-state index contributed by atoms with van der Waals surface area (Å²) in [4.78, 5) is 43.0. The Kier molecular flexibility index (Phi) is 5.75. The molecule has 0 bridgehead atoms. The van der Waals surface area contributed by atoms with Crippen molar-refractivity contribution in [2.45, 2.75) is 63.8 Å². The molecular formula is C17H24N4O4S. The number of nitrogens with zero attached hydrogens (tertiary/aromatic N) is 2. The van der Waals surface area contributed by atoms with E-state index in [1.807, 2.05) is 17.2 Å². The zero-order valence-corrected chi connectivity index (χ0v) is 15.8.